The standard InChI is InChI=1S/C17H19FO2/c1-11-4-7-17(16(8-11)13(3)19)20-10-14-5-6-15(18)9-12(14)2/h4-9,13,19H,10H2,1-3H3/t13-/m1/s1. The van der Waals surface area contributed by atoms with Crippen LogP contribution in [0.15, 0.2) is 36.4 Å². The minimum atomic E-state index is -0.584. The lowest BCUT2D eigenvalue weighted by atomic mass is 10.1. The number of hydrogen-bond acceptors (Lipinski definition) is 2. The molecule has 106 valence electrons. The molecular formula is C17H19FO2. The molecule has 1 atom stereocenters. The van der Waals surface area contributed by atoms with Gasteiger partial charge in [-0.2, -0.15) is 0 Å². The van der Waals surface area contributed by atoms with Gasteiger partial charge in [0.1, 0.15) is 18.2 Å². The molecule has 2 aromatic rings. The minimum absolute atomic E-state index is 0.244. The first-order valence-corrected chi connectivity index (χ1v) is 6.64. The van der Waals surface area contributed by atoms with Crippen molar-refractivity contribution in [3.63, 3.8) is 0 Å². The van der Waals surface area contributed by atoms with Gasteiger partial charge in [-0.15, -0.1) is 0 Å². The molecular weight excluding hydrogens is 255 g/mol. The minimum Gasteiger partial charge on any atom is -0.489 e. The summed E-state index contributed by atoms with van der Waals surface area (Å²) in [5.74, 6) is 0.417. The lowest BCUT2D eigenvalue weighted by molar-refractivity contribution is 0.190. The zero-order chi connectivity index (χ0) is 14.7. The first-order chi connectivity index (χ1) is 9.47. The monoisotopic (exact) mass is 274 g/mol. The van der Waals surface area contributed by atoms with Crippen LogP contribution in [0.2, 0.25) is 0 Å². The van der Waals surface area contributed by atoms with Crippen LogP contribution >= 0.6 is 0 Å². The molecule has 2 aromatic carbocycles. The van der Waals surface area contributed by atoms with Crippen molar-refractivity contribution in [2.45, 2.75) is 33.5 Å². The Kier molecular flexibility index (Phi) is 4.40. The fraction of sp³-hybridized carbons (Fsp3) is 0.294. The molecule has 0 aromatic heterocycles. The highest BCUT2D eigenvalue weighted by molar-refractivity contribution is 5.38. The quantitative estimate of drug-likeness (QED) is 0.910. The van der Waals surface area contributed by atoms with Gasteiger partial charge in [-0.05, 0) is 56.2 Å². The van der Waals surface area contributed by atoms with Crippen LogP contribution in [0.5, 0.6) is 5.75 Å². The number of hydrogen-bond donors (Lipinski definition) is 1. The van der Waals surface area contributed by atoms with E-state index in [-0.39, 0.29) is 5.82 Å². The van der Waals surface area contributed by atoms with Gasteiger partial charge in [-0.25, -0.2) is 4.39 Å². The Hall–Kier alpha value is -1.87. The van der Waals surface area contributed by atoms with Gasteiger partial charge in [-0.3, -0.25) is 0 Å². The molecule has 0 spiro atoms. The Labute approximate surface area is 118 Å². The summed E-state index contributed by atoms with van der Waals surface area (Å²) >= 11 is 0. The Morgan fingerprint density at radius 2 is 1.90 bits per heavy atom. The molecule has 1 N–H and O–H groups in total. The Bertz CT molecular complexity index is 606. The number of benzene rings is 2. The van der Waals surface area contributed by atoms with Crippen molar-refractivity contribution < 1.29 is 14.2 Å². The van der Waals surface area contributed by atoms with E-state index in [4.69, 9.17) is 4.74 Å². The fourth-order valence-electron chi connectivity index (χ4n) is 2.10. The Morgan fingerprint density at radius 1 is 1.15 bits per heavy atom. The summed E-state index contributed by atoms with van der Waals surface area (Å²) in [6.07, 6.45) is -0.584. The number of aryl methyl sites for hydroxylation is 2. The lowest BCUT2D eigenvalue weighted by Gasteiger charge is -2.15. The van der Waals surface area contributed by atoms with Crippen molar-refractivity contribution >= 4 is 0 Å². The highest BCUT2D eigenvalue weighted by Crippen LogP contribution is 2.27. The zero-order valence-electron chi connectivity index (χ0n) is 12.0. The molecule has 2 rings (SSSR count). The van der Waals surface area contributed by atoms with Crippen LogP contribution in [0.25, 0.3) is 0 Å². The molecule has 0 aliphatic carbocycles. The maximum Gasteiger partial charge on any atom is 0.125 e. The molecule has 0 amide bonds. The predicted molar refractivity (Wildman–Crippen MR) is 77.3 cm³/mol. The van der Waals surface area contributed by atoms with E-state index in [0.29, 0.717) is 12.4 Å². The van der Waals surface area contributed by atoms with Crippen LogP contribution < -0.4 is 4.74 Å². The number of rotatable bonds is 4. The summed E-state index contributed by atoms with van der Waals surface area (Å²) in [5, 5.41) is 9.79. The summed E-state index contributed by atoms with van der Waals surface area (Å²) < 4.78 is 18.8. The molecule has 20 heavy (non-hydrogen) atoms. The van der Waals surface area contributed by atoms with E-state index in [2.05, 4.69) is 0 Å². The van der Waals surface area contributed by atoms with Crippen LogP contribution in [0.1, 0.15) is 35.3 Å². The molecule has 0 aliphatic rings. The van der Waals surface area contributed by atoms with Crippen LogP contribution in [0.4, 0.5) is 4.39 Å². The Morgan fingerprint density at radius 3 is 2.55 bits per heavy atom. The van der Waals surface area contributed by atoms with Gasteiger partial charge < -0.3 is 9.84 Å². The van der Waals surface area contributed by atoms with Crippen molar-refractivity contribution in [3.8, 4) is 5.75 Å². The van der Waals surface area contributed by atoms with Crippen molar-refractivity contribution in [2.24, 2.45) is 0 Å². The van der Waals surface area contributed by atoms with E-state index >= 15 is 0 Å². The number of aliphatic hydroxyl groups excluding tert-OH is 1. The number of ether oxygens (including phenoxy) is 1. The number of aliphatic hydroxyl groups is 1. The van der Waals surface area contributed by atoms with E-state index in [1.54, 1.807) is 13.0 Å². The first-order valence-electron chi connectivity index (χ1n) is 6.64. The normalized spacial score (nSPS) is 12.2. The summed E-state index contributed by atoms with van der Waals surface area (Å²) in [6.45, 7) is 5.89. The highest BCUT2D eigenvalue weighted by atomic mass is 19.1. The average molecular weight is 274 g/mol. The molecule has 2 nitrogen and oxygen atoms in total. The van der Waals surface area contributed by atoms with E-state index in [1.807, 2.05) is 32.0 Å². The fourth-order valence-corrected chi connectivity index (χ4v) is 2.10. The molecule has 0 radical (unpaired) electrons. The van der Waals surface area contributed by atoms with Gasteiger partial charge in [0.05, 0.1) is 6.10 Å². The predicted octanol–water partition coefficient (Wildman–Crippen LogP) is 4.07. The van der Waals surface area contributed by atoms with E-state index in [9.17, 15) is 9.50 Å². The summed E-state index contributed by atoms with van der Waals surface area (Å²) in [7, 11) is 0. The lowest BCUT2D eigenvalue weighted by Crippen LogP contribution is -2.03. The summed E-state index contributed by atoms with van der Waals surface area (Å²) in [6, 6.07) is 10.4. The van der Waals surface area contributed by atoms with E-state index < -0.39 is 6.10 Å². The van der Waals surface area contributed by atoms with Crippen LogP contribution in [-0.4, -0.2) is 5.11 Å². The van der Waals surface area contributed by atoms with Crippen LogP contribution in [0, 0.1) is 19.7 Å². The van der Waals surface area contributed by atoms with E-state index in [0.717, 1.165) is 22.3 Å². The largest absolute Gasteiger partial charge is 0.489 e. The third-order valence-electron chi connectivity index (χ3n) is 3.30. The maximum absolute atomic E-state index is 13.1. The first kappa shape index (κ1) is 14.5. The Balaban J connectivity index is 2.18. The van der Waals surface area contributed by atoms with Crippen LogP contribution in [0.3, 0.4) is 0 Å². The summed E-state index contributed by atoms with van der Waals surface area (Å²) in [4.78, 5) is 0. The van der Waals surface area contributed by atoms with Gasteiger partial charge in [0.25, 0.3) is 0 Å². The second-order valence-electron chi connectivity index (χ2n) is 5.08. The zero-order valence-corrected chi connectivity index (χ0v) is 12.0. The van der Waals surface area contributed by atoms with Gasteiger partial charge >= 0.3 is 0 Å². The molecule has 0 fully saturated rings. The van der Waals surface area contributed by atoms with Crippen molar-refractivity contribution in [1.29, 1.82) is 0 Å². The van der Waals surface area contributed by atoms with Gasteiger partial charge in [-0.1, -0.05) is 17.7 Å². The molecule has 0 aliphatic heterocycles. The molecule has 0 heterocycles. The second-order valence-corrected chi connectivity index (χ2v) is 5.08. The molecule has 0 saturated carbocycles. The third-order valence-corrected chi connectivity index (χ3v) is 3.30. The van der Waals surface area contributed by atoms with Crippen molar-refractivity contribution in [1.82, 2.24) is 0 Å². The van der Waals surface area contributed by atoms with Gasteiger partial charge in [0.2, 0.25) is 0 Å². The molecule has 0 bridgehead atoms. The second kappa shape index (κ2) is 6.06. The van der Waals surface area contributed by atoms with Gasteiger partial charge in [0, 0.05) is 5.56 Å². The smallest absolute Gasteiger partial charge is 0.125 e. The molecule has 0 unspecified atom stereocenters. The average Bonchev–Trinajstić information content (AvgIpc) is 2.38. The van der Waals surface area contributed by atoms with Crippen molar-refractivity contribution in [2.75, 3.05) is 0 Å². The molecule has 3 heteroatoms. The van der Waals surface area contributed by atoms with E-state index in [1.165, 1.54) is 12.1 Å². The maximum atomic E-state index is 13.1. The highest BCUT2D eigenvalue weighted by Gasteiger charge is 2.10. The third kappa shape index (κ3) is 3.36. The molecule has 0 saturated heterocycles. The van der Waals surface area contributed by atoms with Crippen molar-refractivity contribution in [3.05, 3.63) is 64.5 Å². The topological polar surface area (TPSA) is 29.5 Å². The van der Waals surface area contributed by atoms with Gasteiger partial charge in [0.15, 0.2) is 0 Å². The summed E-state index contributed by atoms with van der Waals surface area (Å²) in [5.41, 5.74) is 3.63. The number of halogens is 1. The SMILES string of the molecule is Cc1ccc(OCc2ccc(F)cc2C)c([C@@H](C)O)c1. The van der Waals surface area contributed by atoms with Crippen LogP contribution in [-0.2, 0) is 6.61 Å².